The Labute approximate surface area is 130 Å². The summed E-state index contributed by atoms with van der Waals surface area (Å²) in [5.74, 6) is 0.0285. The van der Waals surface area contributed by atoms with Crippen molar-refractivity contribution in [3.63, 3.8) is 0 Å². The second kappa shape index (κ2) is 6.32. The lowest BCUT2D eigenvalue weighted by Crippen LogP contribution is -2.14. The Kier molecular flexibility index (Phi) is 4.66. The molecular weight excluding hydrogens is 300 g/mol. The molecule has 0 amide bonds. The molecule has 0 saturated heterocycles. The summed E-state index contributed by atoms with van der Waals surface area (Å²) in [5.41, 5.74) is 1.40. The van der Waals surface area contributed by atoms with Gasteiger partial charge in [-0.1, -0.05) is 43.7 Å². The second-order valence-electron chi connectivity index (χ2n) is 5.40. The fourth-order valence-electron chi connectivity index (χ4n) is 1.89. The first-order valence-corrected chi connectivity index (χ1v) is 8.36. The van der Waals surface area contributed by atoms with E-state index in [-0.39, 0.29) is 16.6 Å². The van der Waals surface area contributed by atoms with E-state index in [4.69, 9.17) is 4.18 Å². The third-order valence-electron chi connectivity index (χ3n) is 3.27. The molecule has 0 N–H and O–H groups in total. The molecule has 0 radical (unpaired) electrons. The summed E-state index contributed by atoms with van der Waals surface area (Å²) >= 11 is 0. The molecule has 0 bridgehead atoms. The van der Waals surface area contributed by atoms with Crippen LogP contribution in [-0.4, -0.2) is 8.42 Å². The van der Waals surface area contributed by atoms with E-state index < -0.39 is 15.5 Å². The van der Waals surface area contributed by atoms with Gasteiger partial charge in [-0.3, -0.25) is 4.79 Å². The van der Waals surface area contributed by atoms with E-state index in [2.05, 4.69) is 0 Å². The number of aryl methyl sites for hydroxylation is 1. The molecule has 5 heteroatoms. The molecule has 0 aliphatic heterocycles. The van der Waals surface area contributed by atoms with Crippen molar-refractivity contribution in [3.8, 4) is 5.75 Å². The number of benzene rings is 1. The maximum absolute atomic E-state index is 12.2. The van der Waals surface area contributed by atoms with Gasteiger partial charge >= 0.3 is 10.1 Å². The lowest BCUT2D eigenvalue weighted by molar-refractivity contribution is 0.484. The molecular formula is C17H18O4S. The smallest absolute Gasteiger partial charge is 0.339 e. The molecule has 0 heterocycles. The van der Waals surface area contributed by atoms with Gasteiger partial charge in [0.1, 0.15) is 4.90 Å². The van der Waals surface area contributed by atoms with Gasteiger partial charge in [-0.2, -0.15) is 8.42 Å². The summed E-state index contributed by atoms with van der Waals surface area (Å²) in [6.07, 6.45) is 0. The Hall–Kier alpha value is -2.14. The van der Waals surface area contributed by atoms with Gasteiger partial charge < -0.3 is 4.18 Å². The molecule has 0 aliphatic rings. The van der Waals surface area contributed by atoms with Crippen LogP contribution in [0.1, 0.15) is 30.9 Å². The van der Waals surface area contributed by atoms with Gasteiger partial charge in [0, 0.05) is 0 Å². The zero-order chi connectivity index (χ0) is 16.3. The topological polar surface area (TPSA) is 60.4 Å². The van der Waals surface area contributed by atoms with Crippen molar-refractivity contribution < 1.29 is 12.6 Å². The van der Waals surface area contributed by atoms with Crippen LogP contribution in [-0.2, 0) is 10.1 Å². The largest absolute Gasteiger partial charge is 0.375 e. The van der Waals surface area contributed by atoms with Crippen LogP contribution in [0.25, 0.3) is 0 Å². The third-order valence-corrected chi connectivity index (χ3v) is 4.52. The van der Waals surface area contributed by atoms with Crippen molar-refractivity contribution in [1.29, 1.82) is 0 Å². The summed E-state index contributed by atoms with van der Waals surface area (Å²) in [7, 11) is -4.02. The first kappa shape index (κ1) is 16.2. The minimum atomic E-state index is -4.02. The third kappa shape index (κ3) is 3.74. The summed E-state index contributed by atoms with van der Waals surface area (Å²) in [6.45, 7) is 5.84. The van der Waals surface area contributed by atoms with Crippen LogP contribution in [0.2, 0.25) is 0 Å². The molecule has 0 unspecified atom stereocenters. The fourth-order valence-corrected chi connectivity index (χ4v) is 2.83. The average Bonchev–Trinajstić information content (AvgIpc) is 2.62. The monoisotopic (exact) mass is 318 g/mol. The molecule has 0 aromatic heterocycles. The summed E-state index contributed by atoms with van der Waals surface area (Å²) in [5, 5.41) is 0. The molecule has 0 aliphatic carbocycles. The van der Waals surface area contributed by atoms with Crippen molar-refractivity contribution >= 4 is 10.1 Å². The Balaban J connectivity index is 2.40. The van der Waals surface area contributed by atoms with Crippen LogP contribution in [0.15, 0.2) is 58.2 Å². The summed E-state index contributed by atoms with van der Waals surface area (Å²) in [4.78, 5) is 12.0. The predicted molar refractivity (Wildman–Crippen MR) is 85.8 cm³/mol. The minimum absolute atomic E-state index is 0.0214. The Morgan fingerprint density at radius 2 is 1.50 bits per heavy atom. The number of rotatable bonds is 4. The molecule has 116 valence electrons. The number of hydrogen-bond acceptors (Lipinski definition) is 4. The van der Waals surface area contributed by atoms with E-state index in [1.807, 2.05) is 20.8 Å². The highest BCUT2D eigenvalue weighted by Gasteiger charge is 2.17. The normalized spacial score (nSPS) is 11.5. The van der Waals surface area contributed by atoms with Crippen molar-refractivity contribution in [3.05, 3.63) is 69.9 Å². The highest BCUT2D eigenvalue weighted by molar-refractivity contribution is 7.87. The molecule has 2 aromatic rings. The summed E-state index contributed by atoms with van der Waals surface area (Å²) in [6, 6.07) is 12.4. The Morgan fingerprint density at radius 3 is 2.09 bits per heavy atom. The van der Waals surface area contributed by atoms with Gasteiger partial charge in [0.15, 0.2) is 5.75 Å². The van der Waals surface area contributed by atoms with Gasteiger partial charge in [0.05, 0.1) is 0 Å². The van der Waals surface area contributed by atoms with Crippen LogP contribution in [0.3, 0.4) is 0 Å². The van der Waals surface area contributed by atoms with Gasteiger partial charge in [-0.05, 0) is 42.7 Å². The second-order valence-corrected chi connectivity index (χ2v) is 6.95. The lowest BCUT2D eigenvalue weighted by Gasteiger charge is -2.05. The molecule has 0 saturated carbocycles. The van der Waals surface area contributed by atoms with Crippen LogP contribution < -0.4 is 9.61 Å². The first-order valence-electron chi connectivity index (χ1n) is 6.95. The number of hydrogen-bond donors (Lipinski definition) is 0. The fraction of sp³-hybridized carbons (Fsp3) is 0.235. The Bertz CT molecular complexity index is 822. The molecule has 0 atom stereocenters. The van der Waals surface area contributed by atoms with Gasteiger partial charge in [0.25, 0.3) is 0 Å². The van der Waals surface area contributed by atoms with E-state index >= 15 is 0 Å². The quantitative estimate of drug-likeness (QED) is 0.812. The molecule has 2 rings (SSSR count). The van der Waals surface area contributed by atoms with E-state index in [0.717, 1.165) is 11.1 Å². The molecule has 22 heavy (non-hydrogen) atoms. The van der Waals surface area contributed by atoms with Gasteiger partial charge in [-0.25, -0.2) is 0 Å². The van der Waals surface area contributed by atoms with Crippen molar-refractivity contribution in [2.45, 2.75) is 31.6 Å². The molecule has 4 nitrogen and oxygen atoms in total. The van der Waals surface area contributed by atoms with E-state index in [1.54, 1.807) is 24.3 Å². The van der Waals surface area contributed by atoms with E-state index in [0.29, 0.717) is 0 Å². The van der Waals surface area contributed by atoms with Crippen LogP contribution in [0, 0.1) is 6.92 Å². The maximum atomic E-state index is 12.2. The van der Waals surface area contributed by atoms with E-state index in [1.165, 1.54) is 24.3 Å². The first-order chi connectivity index (χ1) is 10.3. The zero-order valence-corrected chi connectivity index (χ0v) is 13.6. The van der Waals surface area contributed by atoms with Crippen LogP contribution in [0.5, 0.6) is 5.75 Å². The van der Waals surface area contributed by atoms with Crippen molar-refractivity contribution in [2.75, 3.05) is 0 Å². The summed E-state index contributed by atoms with van der Waals surface area (Å²) < 4.78 is 29.5. The standard InChI is InChI=1S/C17H18O4S/c1-12(2)14-6-10-16(18)17(11-7-14)21-22(19,20)15-8-4-13(3)5-9-15/h4-12H,1-3H3. The van der Waals surface area contributed by atoms with E-state index in [9.17, 15) is 13.2 Å². The zero-order valence-electron chi connectivity index (χ0n) is 12.7. The molecule has 0 spiro atoms. The SMILES string of the molecule is Cc1ccc(S(=O)(=O)Oc2ccc(C(C)C)ccc2=O)cc1. The molecule has 0 fully saturated rings. The van der Waals surface area contributed by atoms with Crippen molar-refractivity contribution in [2.24, 2.45) is 0 Å². The van der Waals surface area contributed by atoms with Crippen LogP contribution >= 0.6 is 0 Å². The van der Waals surface area contributed by atoms with Gasteiger partial charge in [-0.15, -0.1) is 0 Å². The predicted octanol–water partition coefficient (Wildman–Crippen LogP) is 3.25. The average molecular weight is 318 g/mol. The maximum Gasteiger partial charge on any atom is 0.339 e. The molecule has 2 aromatic carbocycles. The minimum Gasteiger partial charge on any atom is -0.375 e. The van der Waals surface area contributed by atoms with Gasteiger partial charge in [0.2, 0.25) is 5.43 Å². The Morgan fingerprint density at radius 1 is 0.909 bits per heavy atom. The highest BCUT2D eigenvalue weighted by Crippen LogP contribution is 2.18. The van der Waals surface area contributed by atoms with Crippen LogP contribution in [0.4, 0.5) is 0 Å². The lowest BCUT2D eigenvalue weighted by atomic mass is 10.1. The highest BCUT2D eigenvalue weighted by atomic mass is 32.2. The van der Waals surface area contributed by atoms with Crippen molar-refractivity contribution in [1.82, 2.24) is 0 Å².